The van der Waals surface area contributed by atoms with Crippen LogP contribution in [0.3, 0.4) is 0 Å². The zero-order valence-electron chi connectivity index (χ0n) is 16.0. The van der Waals surface area contributed by atoms with Crippen molar-refractivity contribution in [3.8, 4) is 5.75 Å². The normalized spacial score (nSPS) is 12.1. The first-order valence-corrected chi connectivity index (χ1v) is 10.0. The van der Waals surface area contributed by atoms with Gasteiger partial charge >= 0.3 is 16.1 Å². The topological polar surface area (TPSA) is 98.8 Å². The van der Waals surface area contributed by atoms with Crippen LogP contribution in [0.5, 0.6) is 5.75 Å². The summed E-state index contributed by atoms with van der Waals surface area (Å²) in [7, 11) is -2.63. The SMILES string of the molecule is COC(=O)CC(Cc1ccc(OS(=O)(=O)c2ccc(C)cc2)cc1)NC(C)=O. The Morgan fingerprint density at radius 2 is 1.64 bits per heavy atom. The first kappa shape index (κ1) is 21.4. The second-order valence-electron chi connectivity index (χ2n) is 6.38. The highest BCUT2D eigenvalue weighted by atomic mass is 32.2. The lowest BCUT2D eigenvalue weighted by atomic mass is 10.0. The average Bonchev–Trinajstić information content (AvgIpc) is 2.62. The van der Waals surface area contributed by atoms with E-state index in [9.17, 15) is 18.0 Å². The minimum absolute atomic E-state index is 0.0378. The fourth-order valence-electron chi connectivity index (χ4n) is 2.59. The predicted octanol–water partition coefficient (Wildman–Crippen LogP) is 2.37. The van der Waals surface area contributed by atoms with E-state index in [-0.39, 0.29) is 23.0 Å². The van der Waals surface area contributed by atoms with Gasteiger partial charge in [0, 0.05) is 13.0 Å². The molecular formula is C20H23NO6S. The van der Waals surface area contributed by atoms with Gasteiger partial charge in [0.25, 0.3) is 0 Å². The molecule has 8 heteroatoms. The molecule has 2 aromatic carbocycles. The summed E-state index contributed by atoms with van der Waals surface area (Å²) >= 11 is 0. The molecule has 1 atom stereocenters. The zero-order valence-corrected chi connectivity index (χ0v) is 16.8. The van der Waals surface area contributed by atoms with Crippen LogP contribution < -0.4 is 9.50 Å². The molecule has 0 fully saturated rings. The van der Waals surface area contributed by atoms with Crippen LogP contribution in [-0.4, -0.2) is 33.4 Å². The molecule has 150 valence electrons. The molecular weight excluding hydrogens is 382 g/mol. The molecule has 0 bridgehead atoms. The molecule has 7 nitrogen and oxygen atoms in total. The van der Waals surface area contributed by atoms with Crippen LogP contribution in [0, 0.1) is 6.92 Å². The molecule has 1 N–H and O–H groups in total. The third-order valence-electron chi connectivity index (χ3n) is 3.97. The van der Waals surface area contributed by atoms with Gasteiger partial charge in [-0.2, -0.15) is 8.42 Å². The van der Waals surface area contributed by atoms with Gasteiger partial charge in [0.1, 0.15) is 10.6 Å². The fourth-order valence-corrected chi connectivity index (χ4v) is 3.52. The summed E-state index contributed by atoms with van der Waals surface area (Å²) in [5.74, 6) is -0.505. The predicted molar refractivity (Wildman–Crippen MR) is 103 cm³/mol. The van der Waals surface area contributed by atoms with Crippen molar-refractivity contribution in [3.63, 3.8) is 0 Å². The number of hydrogen-bond acceptors (Lipinski definition) is 6. The summed E-state index contributed by atoms with van der Waals surface area (Å²) < 4.78 is 34.5. The van der Waals surface area contributed by atoms with E-state index in [1.54, 1.807) is 24.3 Å². The maximum atomic E-state index is 12.3. The molecule has 28 heavy (non-hydrogen) atoms. The van der Waals surface area contributed by atoms with Crippen LogP contribution in [0.4, 0.5) is 0 Å². The highest BCUT2D eigenvalue weighted by Gasteiger charge is 2.18. The Morgan fingerprint density at radius 3 is 2.18 bits per heavy atom. The van der Waals surface area contributed by atoms with Crippen molar-refractivity contribution in [3.05, 3.63) is 59.7 Å². The monoisotopic (exact) mass is 405 g/mol. The molecule has 0 aromatic heterocycles. The number of aryl methyl sites for hydroxylation is 1. The van der Waals surface area contributed by atoms with Crippen LogP contribution in [0.1, 0.15) is 24.5 Å². The minimum Gasteiger partial charge on any atom is -0.469 e. The number of amides is 1. The summed E-state index contributed by atoms with van der Waals surface area (Å²) in [5.41, 5.74) is 1.76. The lowest BCUT2D eigenvalue weighted by Gasteiger charge is -2.17. The third kappa shape index (κ3) is 6.38. The third-order valence-corrected chi connectivity index (χ3v) is 5.23. The molecule has 2 aromatic rings. The maximum Gasteiger partial charge on any atom is 0.339 e. The number of benzene rings is 2. The van der Waals surface area contributed by atoms with Gasteiger partial charge in [-0.3, -0.25) is 9.59 Å². The molecule has 1 amide bonds. The Kier molecular flexibility index (Phi) is 7.17. The van der Waals surface area contributed by atoms with Crippen molar-refractivity contribution in [2.75, 3.05) is 7.11 Å². The van der Waals surface area contributed by atoms with Crippen molar-refractivity contribution >= 4 is 22.0 Å². The van der Waals surface area contributed by atoms with E-state index in [4.69, 9.17) is 4.18 Å². The van der Waals surface area contributed by atoms with Gasteiger partial charge in [0.15, 0.2) is 0 Å². The Balaban J connectivity index is 2.08. The number of nitrogens with one attached hydrogen (secondary N) is 1. The van der Waals surface area contributed by atoms with Crippen molar-refractivity contribution in [1.29, 1.82) is 0 Å². The lowest BCUT2D eigenvalue weighted by Crippen LogP contribution is -2.36. The van der Waals surface area contributed by atoms with Gasteiger partial charge in [0.2, 0.25) is 5.91 Å². The smallest absolute Gasteiger partial charge is 0.339 e. The highest BCUT2D eigenvalue weighted by Crippen LogP contribution is 2.20. The van der Waals surface area contributed by atoms with Crippen molar-refractivity contribution < 1.29 is 26.9 Å². The molecule has 2 rings (SSSR count). The fraction of sp³-hybridized carbons (Fsp3) is 0.300. The van der Waals surface area contributed by atoms with Crippen LogP contribution in [0.25, 0.3) is 0 Å². The van der Waals surface area contributed by atoms with E-state index in [1.807, 2.05) is 6.92 Å². The molecule has 1 unspecified atom stereocenters. The maximum absolute atomic E-state index is 12.3. The number of carbonyl (C=O) groups is 2. The molecule has 0 saturated heterocycles. The molecule has 0 saturated carbocycles. The first-order chi connectivity index (χ1) is 13.2. The van der Waals surface area contributed by atoms with Gasteiger partial charge in [-0.05, 0) is 43.2 Å². The number of ether oxygens (including phenoxy) is 1. The number of esters is 1. The largest absolute Gasteiger partial charge is 0.469 e. The van der Waals surface area contributed by atoms with E-state index >= 15 is 0 Å². The van der Waals surface area contributed by atoms with Crippen LogP contribution in [0.2, 0.25) is 0 Å². The average molecular weight is 405 g/mol. The summed E-state index contributed by atoms with van der Waals surface area (Å²) in [6.45, 7) is 3.24. The Labute approximate surface area is 164 Å². The molecule has 0 heterocycles. The van der Waals surface area contributed by atoms with Gasteiger partial charge in [-0.15, -0.1) is 0 Å². The minimum atomic E-state index is -3.92. The van der Waals surface area contributed by atoms with Gasteiger partial charge in [-0.1, -0.05) is 29.8 Å². The summed E-state index contributed by atoms with van der Waals surface area (Å²) in [6.07, 6.45) is 0.426. The first-order valence-electron chi connectivity index (χ1n) is 8.63. The number of hydrogen-bond donors (Lipinski definition) is 1. The van der Waals surface area contributed by atoms with Crippen LogP contribution >= 0.6 is 0 Å². The Hall–Kier alpha value is -2.87. The summed E-state index contributed by atoms with van der Waals surface area (Å²) in [6, 6.07) is 12.4. The lowest BCUT2D eigenvalue weighted by molar-refractivity contribution is -0.141. The zero-order chi connectivity index (χ0) is 20.7. The highest BCUT2D eigenvalue weighted by molar-refractivity contribution is 7.87. The Morgan fingerprint density at radius 1 is 1.04 bits per heavy atom. The van der Waals surface area contributed by atoms with Gasteiger partial charge in [-0.25, -0.2) is 0 Å². The van der Waals surface area contributed by atoms with E-state index < -0.39 is 22.1 Å². The molecule has 0 aliphatic carbocycles. The molecule has 0 radical (unpaired) electrons. The van der Waals surface area contributed by atoms with Crippen molar-refractivity contribution in [2.24, 2.45) is 0 Å². The second-order valence-corrected chi connectivity index (χ2v) is 7.92. The number of carbonyl (C=O) groups excluding carboxylic acids is 2. The van der Waals surface area contributed by atoms with E-state index in [2.05, 4.69) is 10.1 Å². The molecule has 0 spiro atoms. The van der Waals surface area contributed by atoms with E-state index in [0.29, 0.717) is 6.42 Å². The summed E-state index contributed by atoms with van der Waals surface area (Å²) in [4.78, 5) is 22.9. The summed E-state index contributed by atoms with van der Waals surface area (Å²) in [5, 5.41) is 2.71. The number of rotatable bonds is 8. The van der Waals surface area contributed by atoms with E-state index in [0.717, 1.165) is 11.1 Å². The molecule has 0 aliphatic heterocycles. The Bertz CT molecular complexity index is 920. The standard InChI is InChI=1S/C20H23NO6S/c1-14-4-10-19(11-5-14)28(24,25)27-18-8-6-16(7-9-18)12-17(21-15(2)22)13-20(23)26-3/h4-11,17H,12-13H2,1-3H3,(H,21,22). The van der Waals surface area contributed by atoms with Crippen molar-refractivity contribution in [2.45, 2.75) is 37.6 Å². The van der Waals surface area contributed by atoms with Gasteiger partial charge in [0.05, 0.1) is 13.5 Å². The second kappa shape index (κ2) is 9.36. The molecule has 0 aliphatic rings. The van der Waals surface area contributed by atoms with Gasteiger partial charge < -0.3 is 14.2 Å². The van der Waals surface area contributed by atoms with Crippen LogP contribution in [0.15, 0.2) is 53.4 Å². The van der Waals surface area contributed by atoms with Crippen molar-refractivity contribution in [1.82, 2.24) is 5.32 Å². The quantitative estimate of drug-likeness (QED) is 0.535. The van der Waals surface area contributed by atoms with E-state index in [1.165, 1.54) is 38.3 Å². The number of methoxy groups -OCH3 is 1. The van der Waals surface area contributed by atoms with Crippen LogP contribution in [-0.2, 0) is 30.9 Å².